The molecule has 6 nitrogen and oxygen atoms in total. The monoisotopic (exact) mass is 747 g/mol. The molecule has 1 atom stereocenters. The van der Waals surface area contributed by atoms with Crippen molar-refractivity contribution < 1.29 is 28.6 Å². The first-order chi connectivity index (χ1) is 26.0. The summed E-state index contributed by atoms with van der Waals surface area (Å²) < 4.78 is 16.7. The highest BCUT2D eigenvalue weighted by atomic mass is 16.6. The molecule has 53 heavy (non-hydrogen) atoms. The Kier molecular flexibility index (Phi) is 40.9. The molecule has 0 aromatic rings. The molecule has 1 unspecified atom stereocenters. The van der Waals surface area contributed by atoms with Gasteiger partial charge in [0.25, 0.3) is 0 Å². The van der Waals surface area contributed by atoms with Crippen molar-refractivity contribution in [1.29, 1.82) is 0 Å². The molecule has 0 aliphatic rings. The maximum absolute atomic E-state index is 12.7. The van der Waals surface area contributed by atoms with E-state index in [0.29, 0.717) is 19.3 Å². The van der Waals surface area contributed by atoms with Crippen molar-refractivity contribution in [2.75, 3.05) is 13.2 Å². The van der Waals surface area contributed by atoms with Crippen molar-refractivity contribution in [1.82, 2.24) is 0 Å². The third-order valence-corrected chi connectivity index (χ3v) is 9.96. The fourth-order valence-electron chi connectivity index (χ4n) is 6.46. The minimum absolute atomic E-state index is 0.0721. The number of carbonyl (C=O) groups excluding carboxylic acids is 3. The maximum Gasteiger partial charge on any atom is 0.306 e. The van der Waals surface area contributed by atoms with Crippen LogP contribution in [0.1, 0.15) is 239 Å². The standard InChI is InChI=1S/C47H86O6/c1-4-7-10-13-16-19-21-23-24-26-28-31-34-37-40-46(49)52-43-44(42-51-45(48)39-36-33-30-27-18-15-12-9-6-3)53-47(50)41-38-35-32-29-25-22-20-17-14-11-8-5-2/h13,16,21,23,44H,4-12,14-15,17-20,22,24-43H2,1-3H3/b16-13-,23-21-. The normalized spacial score (nSPS) is 12.1. The zero-order chi connectivity index (χ0) is 38.7. The summed E-state index contributed by atoms with van der Waals surface area (Å²) in [6, 6.07) is 0. The summed E-state index contributed by atoms with van der Waals surface area (Å²) in [6.45, 7) is 6.56. The Morgan fingerprint density at radius 2 is 0.698 bits per heavy atom. The van der Waals surface area contributed by atoms with Gasteiger partial charge in [-0.05, 0) is 44.9 Å². The van der Waals surface area contributed by atoms with Crippen LogP contribution < -0.4 is 0 Å². The number of esters is 3. The molecule has 0 heterocycles. The summed E-state index contributed by atoms with van der Waals surface area (Å²) in [6.07, 6.45) is 45.8. The second kappa shape index (κ2) is 42.6. The highest BCUT2D eigenvalue weighted by molar-refractivity contribution is 5.71. The fraction of sp³-hybridized carbons (Fsp3) is 0.851. The van der Waals surface area contributed by atoms with Gasteiger partial charge in [0.2, 0.25) is 0 Å². The average Bonchev–Trinajstić information content (AvgIpc) is 3.15. The summed E-state index contributed by atoms with van der Waals surface area (Å²) in [7, 11) is 0. The number of carbonyl (C=O) groups is 3. The van der Waals surface area contributed by atoms with Gasteiger partial charge in [-0.1, -0.05) is 199 Å². The van der Waals surface area contributed by atoms with E-state index in [1.165, 1.54) is 122 Å². The Hall–Kier alpha value is -2.11. The lowest BCUT2D eigenvalue weighted by atomic mass is 10.0. The number of hydrogen-bond donors (Lipinski definition) is 0. The number of rotatable bonds is 41. The molecule has 0 bridgehead atoms. The van der Waals surface area contributed by atoms with Crippen LogP contribution in [0.2, 0.25) is 0 Å². The maximum atomic E-state index is 12.7. The second-order valence-electron chi connectivity index (χ2n) is 15.3. The van der Waals surface area contributed by atoms with Gasteiger partial charge in [0, 0.05) is 19.3 Å². The quantitative estimate of drug-likeness (QED) is 0.0268. The zero-order valence-electron chi connectivity index (χ0n) is 35.3. The van der Waals surface area contributed by atoms with Crippen molar-refractivity contribution in [2.24, 2.45) is 0 Å². The van der Waals surface area contributed by atoms with E-state index in [1.807, 2.05) is 0 Å². The summed E-state index contributed by atoms with van der Waals surface area (Å²) in [4.78, 5) is 37.7. The molecule has 6 heteroatoms. The number of hydrogen-bond acceptors (Lipinski definition) is 6. The summed E-state index contributed by atoms with van der Waals surface area (Å²) in [5, 5.41) is 0. The molecule has 0 saturated heterocycles. The Labute approximate surface area is 328 Å². The predicted octanol–water partition coefficient (Wildman–Crippen LogP) is 14.4. The predicted molar refractivity (Wildman–Crippen MR) is 224 cm³/mol. The van der Waals surface area contributed by atoms with Crippen molar-refractivity contribution in [3.05, 3.63) is 24.3 Å². The summed E-state index contributed by atoms with van der Waals surface area (Å²) in [5.74, 6) is -0.884. The van der Waals surface area contributed by atoms with Gasteiger partial charge >= 0.3 is 17.9 Å². The van der Waals surface area contributed by atoms with E-state index in [0.717, 1.165) is 77.0 Å². The smallest absolute Gasteiger partial charge is 0.306 e. The number of unbranched alkanes of at least 4 members (excludes halogenated alkanes) is 26. The Balaban J connectivity index is 4.35. The van der Waals surface area contributed by atoms with Gasteiger partial charge in [-0.3, -0.25) is 14.4 Å². The Morgan fingerprint density at radius 3 is 1.09 bits per heavy atom. The number of allylic oxidation sites excluding steroid dienone is 4. The van der Waals surface area contributed by atoms with Crippen molar-refractivity contribution >= 4 is 17.9 Å². The first kappa shape index (κ1) is 50.9. The van der Waals surface area contributed by atoms with Crippen LogP contribution >= 0.6 is 0 Å². The molecule has 0 radical (unpaired) electrons. The zero-order valence-corrected chi connectivity index (χ0v) is 35.3. The van der Waals surface area contributed by atoms with Crippen LogP contribution in [0, 0.1) is 0 Å². The van der Waals surface area contributed by atoms with E-state index in [4.69, 9.17) is 14.2 Å². The van der Waals surface area contributed by atoms with Crippen molar-refractivity contribution in [3.63, 3.8) is 0 Å². The van der Waals surface area contributed by atoms with Crippen LogP contribution in [0.5, 0.6) is 0 Å². The average molecular weight is 747 g/mol. The van der Waals surface area contributed by atoms with E-state index >= 15 is 0 Å². The van der Waals surface area contributed by atoms with Crippen LogP contribution in [0.4, 0.5) is 0 Å². The molecule has 0 aromatic carbocycles. The van der Waals surface area contributed by atoms with Gasteiger partial charge in [0.1, 0.15) is 13.2 Å². The summed E-state index contributed by atoms with van der Waals surface area (Å²) in [5.41, 5.74) is 0. The van der Waals surface area contributed by atoms with Gasteiger partial charge < -0.3 is 14.2 Å². The van der Waals surface area contributed by atoms with Gasteiger partial charge in [-0.25, -0.2) is 0 Å². The first-order valence-corrected chi connectivity index (χ1v) is 22.8. The SMILES string of the molecule is CCCC/C=C\C/C=C\CCCCCCCC(=O)OCC(COC(=O)CCCCCCCCCCC)OC(=O)CCCCCCCCCCCCCC. The topological polar surface area (TPSA) is 78.9 Å². The lowest BCUT2D eigenvalue weighted by Crippen LogP contribution is -2.30. The first-order valence-electron chi connectivity index (χ1n) is 22.8. The minimum Gasteiger partial charge on any atom is -0.462 e. The van der Waals surface area contributed by atoms with Crippen LogP contribution in [0.25, 0.3) is 0 Å². The van der Waals surface area contributed by atoms with E-state index in [9.17, 15) is 14.4 Å². The van der Waals surface area contributed by atoms with Gasteiger partial charge in [-0.2, -0.15) is 0 Å². The van der Waals surface area contributed by atoms with Gasteiger partial charge in [-0.15, -0.1) is 0 Å². The largest absolute Gasteiger partial charge is 0.462 e. The molecule has 0 N–H and O–H groups in total. The highest BCUT2D eigenvalue weighted by Gasteiger charge is 2.19. The third kappa shape index (κ3) is 40.9. The number of ether oxygens (including phenoxy) is 3. The third-order valence-electron chi connectivity index (χ3n) is 9.96. The molecule has 0 saturated carbocycles. The van der Waals surface area contributed by atoms with E-state index < -0.39 is 6.10 Å². The highest BCUT2D eigenvalue weighted by Crippen LogP contribution is 2.15. The van der Waals surface area contributed by atoms with E-state index in [1.54, 1.807) is 0 Å². The molecule has 0 spiro atoms. The van der Waals surface area contributed by atoms with Crippen LogP contribution in [0.15, 0.2) is 24.3 Å². The van der Waals surface area contributed by atoms with E-state index in [2.05, 4.69) is 45.1 Å². The van der Waals surface area contributed by atoms with Crippen LogP contribution in [-0.4, -0.2) is 37.2 Å². The van der Waals surface area contributed by atoms with Crippen LogP contribution in [0.3, 0.4) is 0 Å². The Morgan fingerprint density at radius 1 is 0.377 bits per heavy atom. The second-order valence-corrected chi connectivity index (χ2v) is 15.3. The summed E-state index contributed by atoms with van der Waals surface area (Å²) >= 11 is 0. The molecule has 0 aromatic heterocycles. The van der Waals surface area contributed by atoms with E-state index in [-0.39, 0.29) is 31.1 Å². The Bertz CT molecular complexity index is 865. The molecular weight excluding hydrogens is 661 g/mol. The molecule has 310 valence electrons. The van der Waals surface area contributed by atoms with Crippen molar-refractivity contribution in [3.8, 4) is 0 Å². The lowest BCUT2D eigenvalue weighted by molar-refractivity contribution is -0.167. The molecule has 0 rings (SSSR count). The molecule has 0 aliphatic heterocycles. The van der Waals surface area contributed by atoms with Crippen LogP contribution in [-0.2, 0) is 28.6 Å². The molecule has 0 fully saturated rings. The van der Waals surface area contributed by atoms with Crippen molar-refractivity contribution in [2.45, 2.75) is 245 Å². The van der Waals surface area contributed by atoms with Gasteiger partial charge in [0.05, 0.1) is 0 Å². The molecule has 0 amide bonds. The van der Waals surface area contributed by atoms with Gasteiger partial charge in [0.15, 0.2) is 6.10 Å². The minimum atomic E-state index is -0.768. The fourth-order valence-corrected chi connectivity index (χ4v) is 6.46. The molecule has 0 aliphatic carbocycles. The lowest BCUT2D eigenvalue weighted by Gasteiger charge is -2.18. The molecular formula is C47H86O6.